The summed E-state index contributed by atoms with van der Waals surface area (Å²) in [6, 6.07) is 3.12. The third kappa shape index (κ3) is 4.05. The molecule has 1 aliphatic rings. The van der Waals surface area contributed by atoms with Crippen molar-refractivity contribution in [1.29, 1.82) is 0 Å². The highest BCUT2D eigenvalue weighted by atomic mass is 16.4. The minimum atomic E-state index is -1.04. The van der Waals surface area contributed by atoms with Crippen LogP contribution in [0.25, 0.3) is 0 Å². The van der Waals surface area contributed by atoms with E-state index in [0.29, 0.717) is 18.9 Å². The third-order valence-corrected chi connectivity index (χ3v) is 3.48. The molecule has 0 spiro atoms. The summed E-state index contributed by atoms with van der Waals surface area (Å²) in [6.45, 7) is 0.401. The Morgan fingerprint density at radius 3 is 2.63 bits per heavy atom. The van der Waals surface area contributed by atoms with Crippen LogP contribution in [-0.2, 0) is 11.3 Å². The maximum atomic E-state index is 11.7. The van der Waals surface area contributed by atoms with Gasteiger partial charge in [0.05, 0.1) is 0 Å². The lowest BCUT2D eigenvalue weighted by Gasteiger charge is -2.09. The van der Waals surface area contributed by atoms with E-state index in [1.165, 1.54) is 25.1 Å². The molecule has 0 unspecified atom stereocenters. The predicted molar refractivity (Wildman–Crippen MR) is 69.6 cm³/mol. The van der Waals surface area contributed by atoms with Crippen molar-refractivity contribution in [3.63, 3.8) is 0 Å². The summed E-state index contributed by atoms with van der Waals surface area (Å²) in [5.74, 6) is -0.446. The van der Waals surface area contributed by atoms with Gasteiger partial charge in [0.15, 0.2) is 0 Å². The molecule has 5 heteroatoms. The van der Waals surface area contributed by atoms with Crippen molar-refractivity contribution in [2.45, 2.75) is 38.6 Å². The van der Waals surface area contributed by atoms with Crippen LogP contribution in [0.1, 0.15) is 48.2 Å². The Kier molecular flexibility index (Phi) is 4.49. The van der Waals surface area contributed by atoms with Crippen molar-refractivity contribution in [1.82, 2.24) is 10.3 Å². The van der Waals surface area contributed by atoms with Gasteiger partial charge in [-0.15, -0.1) is 0 Å². The van der Waals surface area contributed by atoms with Crippen molar-refractivity contribution >= 4 is 11.9 Å². The molecular formula is C14H18N2O3. The number of hydrogen-bond acceptors (Lipinski definition) is 3. The minimum absolute atomic E-state index is 0.0148. The van der Waals surface area contributed by atoms with Crippen LogP contribution in [0.5, 0.6) is 0 Å². The highest BCUT2D eigenvalue weighted by molar-refractivity contribution is 5.85. The molecule has 0 atom stereocenters. The Morgan fingerprint density at radius 1 is 1.32 bits per heavy atom. The first-order chi connectivity index (χ1) is 9.15. The van der Waals surface area contributed by atoms with Crippen LogP contribution in [0.3, 0.4) is 0 Å². The number of hydrogen-bond donors (Lipinski definition) is 2. The maximum Gasteiger partial charge on any atom is 0.354 e. The largest absolute Gasteiger partial charge is 0.477 e. The Morgan fingerprint density at radius 2 is 2.05 bits per heavy atom. The fourth-order valence-corrected chi connectivity index (χ4v) is 2.41. The molecule has 1 heterocycles. The monoisotopic (exact) mass is 262 g/mol. The molecule has 1 saturated carbocycles. The number of aromatic carboxylic acids is 1. The smallest absolute Gasteiger partial charge is 0.354 e. The average molecular weight is 262 g/mol. The lowest BCUT2D eigenvalue weighted by molar-refractivity contribution is -0.122. The van der Waals surface area contributed by atoms with Crippen LogP contribution in [0.4, 0.5) is 0 Å². The quantitative estimate of drug-likeness (QED) is 0.850. The second-order valence-corrected chi connectivity index (χ2v) is 4.99. The zero-order valence-electron chi connectivity index (χ0n) is 10.8. The number of carbonyl (C=O) groups excluding carboxylic acids is 1. The summed E-state index contributed by atoms with van der Waals surface area (Å²) in [5.41, 5.74) is 0.825. The first kappa shape index (κ1) is 13.5. The minimum Gasteiger partial charge on any atom is -0.477 e. The van der Waals surface area contributed by atoms with E-state index in [0.717, 1.165) is 18.4 Å². The first-order valence-corrected chi connectivity index (χ1v) is 6.60. The van der Waals surface area contributed by atoms with Crippen molar-refractivity contribution in [3.8, 4) is 0 Å². The topological polar surface area (TPSA) is 79.3 Å². The van der Waals surface area contributed by atoms with Crippen molar-refractivity contribution < 1.29 is 14.7 Å². The summed E-state index contributed by atoms with van der Waals surface area (Å²) in [6.07, 6.45) is 6.86. The SMILES string of the molecule is O=C(CC1CCCC1)NCc1ccc(C(=O)O)nc1. The lowest BCUT2D eigenvalue weighted by Crippen LogP contribution is -2.24. The molecule has 1 amide bonds. The molecule has 2 rings (SSSR count). The van der Waals surface area contributed by atoms with Crippen molar-refractivity contribution in [2.24, 2.45) is 5.92 Å². The Labute approximate surface area is 112 Å². The summed E-state index contributed by atoms with van der Waals surface area (Å²) < 4.78 is 0. The van der Waals surface area contributed by atoms with E-state index in [9.17, 15) is 9.59 Å². The van der Waals surface area contributed by atoms with Gasteiger partial charge in [-0.25, -0.2) is 9.78 Å². The zero-order valence-corrected chi connectivity index (χ0v) is 10.8. The van der Waals surface area contributed by atoms with E-state index in [1.807, 2.05) is 0 Å². The summed E-state index contributed by atoms with van der Waals surface area (Å²) in [7, 11) is 0. The second-order valence-electron chi connectivity index (χ2n) is 4.99. The van der Waals surface area contributed by atoms with Gasteiger partial charge < -0.3 is 10.4 Å². The molecule has 1 aromatic heterocycles. The first-order valence-electron chi connectivity index (χ1n) is 6.60. The Hall–Kier alpha value is -1.91. The molecule has 1 fully saturated rings. The van der Waals surface area contributed by atoms with Gasteiger partial charge in [-0.05, 0) is 30.4 Å². The number of nitrogens with zero attached hydrogens (tertiary/aromatic N) is 1. The lowest BCUT2D eigenvalue weighted by atomic mass is 10.0. The van der Waals surface area contributed by atoms with Gasteiger partial charge >= 0.3 is 5.97 Å². The number of rotatable bonds is 5. The van der Waals surface area contributed by atoms with E-state index in [4.69, 9.17) is 5.11 Å². The second kappa shape index (κ2) is 6.31. The molecule has 0 aliphatic heterocycles. The van der Waals surface area contributed by atoms with Crippen molar-refractivity contribution in [3.05, 3.63) is 29.6 Å². The van der Waals surface area contributed by atoms with Gasteiger partial charge in [0.25, 0.3) is 0 Å². The number of nitrogens with one attached hydrogen (secondary N) is 1. The number of pyridine rings is 1. The van der Waals surface area contributed by atoms with E-state index in [2.05, 4.69) is 10.3 Å². The van der Waals surface area contributed by atoms with Crippen LogP contribution >= 0.6 is 0 Å². The van der Waals surface area contributed by atoms with E-state index in [-0.39, 0.29) is 11.6 Å². The molecule has 102 valence electrons. The van der Waals surface area contributed by atoms with Crippen molar-refractivity contribution in [2.75, 3.05) is 0 Å². The van der Waals surface area contributed by atoms with Gasteiger partial charge in [0.1, 0.15) is 5.69 Å². The fourth-order valence-electron chi connectivity index (χ4n) is 2.41. The highest BCUT2D eigenvalue weighted by Crippen LogP contribution is 2.27. The number of amides is 1. The molecule has 19 heavy (non-hydrogen) atoms. The summed E-state index contributed by atoms with van der Waals surface area (Å²) in [5, 5.41) is 11.6. The van der Waals surface area contributed by atoms with Gasteiger partial charge in [-0.2, -0.15) is 0 Å². The summed E-state index contributed by atoms with van der Waals surface area (Å²) in [4.78, 5) is 26.2. The number of carboxylic acid groups (broad SMARTS) is 1. The number of aromatic nitrogens is 1. The number of carboxylic acids is 1. The Balaban J connectivity index is 1.77. The molecule has 2 N–H and O–H groups in total. The molecule has 0 radical (unpaired) electrons. The molecular weight excluding hydrogens is 244 g/mol. The predicted octanol–water partition coefficient (Wildman–Crippen LogP) is 1.98. The van der Waals surface area contributed by atoms with Crippen LogP contribution in [0, 0.1) is 5.92 Å². The van der Waals surface area contributed by atoms with Gasteiger partial charge in [-0.3, -0.25) is 4.79 Å². The zero-order chi connectivity index (χ0) is 13.7. The standard InChI is InChI=1S/C14H18N2O3/c17-13(7-10-3-1-2-4-10)16-9-11-5-6-12(14(18)19)15-8-11/h5-6,8,10H,1-4,7,9H2,(H,16,17)(H,18,19). The van der Waals surface area contributed by atoms with Gasteiger partial charge in [-0.1, -0.05) is 18.9 Å². The molecule has 1 aliphatic carbocycles. The van der Waals surface area contributed by atoms with E-state index in [1.54, 1.807) is 6.07 Å². The molecule has 5 nitrogen and oxygen atoms in total. The average Bonchev–Trinajstić information content (AvgIpc) is 2.89. The molecule has 0 saturated heterocycles. The van der Waals surface area contributed by atoms with E-state index < -0.39 is 5.97 Å². The number of carbonyl (C=O) groups is 2. The molecule has 0 aromatic carbocycles. The van der Waals surface area contributed by atoms with Crippen LogP contribution < -0.4 is 5.32 Å². The van der Waals surface area contributed by atoms with E-state index >= 15 is 0 Å². The fraction of sp³-hybridized carbons (Fsp3) is 0.500. The maximum absolute atomic E-state index is 11.7. The molecule has 1 aromatic rings. The van der Waals surface area contributed by atoms with Crippen LogP contribution in [0.15, 0.2) is 18.3 Å². The van der Waals surface area contributed by atoms with Crippen LogP contribution in [0.2, 0.25) is 0 Å². The Bertz CT molecular complexity index is 450. The third-order valence-electron chi connectivity index (χ3n) is 3.48. The highest BCUT2D eigenvalue weighted by Gasteiger charge is 2.18. The normalized spacial score (nSPS) is 15.4. The van der Waals surface area contributed by atoms with Gasteiger partial charge in [0, 0.05) is 19.2 Å². The molecule has 0 bridgehead atoms. The summed E-state index contributed by atoms with van der Waals surface area (Å²) >= 11 is 0. The van der Waals surface area contributed by atoms with Crippen LogP contribution in [-0.4, -0.2) is 22.0 Å². The van der Waals surface area contributed by atoms with Gasteiger partial charge in [0.2, 0.25) is 5.91 Å².